The maximum atomic E-state index is 10.1. The van der Waals surface area contributed by atoms with E-state index in [0.717, 1.165) is 19.4 Å². The summed E-state index contributed by atoms with van der Waals surface area (Å²) in [6, 6.07) is 0. The third-order valence-electron chi connectivity index (χ3n) is 0.903. The van der Waals surface area contributed by atoms with Gasteiger partial charge in [0, 0.05) is 13.0 Å². The molecule has 1 aliphatic heterocycles. The first-order chi connectivity index (χ1) is 2.89. The van der Waals surface area contributed by atoms with Gasteiger partial charge in [0.05, 0.1) is 0 Å². The average Bonchev–Trinajstić information content (AvgIpc) is 1.86. The molecule has 1 saturated heterocycles. The second-order valence-electron chi connectivity index (χ2n) is 1.45. The van der Waals surface area contributed by atoms with Gasteiger partial charge in [0.2, 0.25) is 5.91 Å². The Morgan fingerprint density at radius 2 is 2.43 bits per heavy atom. The Morgan fingerprint density at radius 3 is 2.57 bits per heavy atom. The number of rotatable bonds is 0. The third kappa shape index (κ3) is 2.82. The molecule has 0 aromatic rings. The maximum Gasteiger partial charge on any atom is 1.00 e. The average molecular weight is 125 g/mol. The van der Waals surface area contributed by atoms with E-state index in [1.54, 1.807) is 0 Å². The summed E-state index contributed by atoms with van der Waals surface area (Å²) in [5, 5.41) is 2.68. The van der Waals surface area contributed by atoms with Gasteiger partial charge < -0.3 is 6.74 Å². The molecule has 0 aromatic carbocycles. The molecule has 0 unspecified atom stereocenters. The molecule has 36 valence electrons. The minimum Gasteiger partial charge on any atom is -1.00 e. The smallest absolute Gasteiger partial charge is 1.00 e. The molecule has 1 rings (SSSR count). The molecule has 7 heavy (non-hydrogen) atoms. The fraction of sp³-hybridized carbons (Fsp3) is 0.750. The summed E-state index contributed by atoms with van der Waals surface area (Å²) in [5.41, 5.74) is 0. The van der Waals surface area contributed by atoms with Crippen LogP contribution in [0.2, 0.25) is 0 Å². The van der Waals surface area contributed by atoms with Crippen LogP contribution >= 0.6 is 0 Å². The fourth-order valence-corrected chi connectivity index (χ4v) is 0.565. The molecule has 0 aliphatic carbocycles. The summed E-state index contributed by atoms with van der Waals surface area (Å²) in [6.07, 6.45) is 1.76. The van der Waals surface area contributed by atoms with Gasteiger partial charge in [-0.25, -0.2) is 0 Å². The Morgan fingerprint density at radius 1 is 1.71 bits per heavy atom. The molecule has 0 aromatic heterocycles. The molecule has 1 heterocycles. The van der Waals surface area contributed by atoms with Crippen molar-refractivity contribution in [2.24, 2.45) is 0 Å². The van der Waals surface area contributed by atoms with E-state index in [9.17, 15) is 4.79 Å². The Balaban J connectivity index is 0. The number of nitrogens with one attached hydrogen (secondary N) is 1. The summed E-state index contributed by atoms with van der Waals surface area (Å²) in [6.45, 7) is 0.888. The van der Waals surface area contributed by atoms with Crippen molar-refractivity contribution in [1.29, 1.82) is 0 Å². The SMILES string of the molecule is O=C1CCCN1.[H-].[K+]. The number of carbonyl (C=O) groups is 1. The van der Waals surface area contributed by atoms with Crippen LogP contribution in [0.25, 0.3) is 0 Å². The standard InChI is InChI=1S/C4H7NO.K.H/c6-4-2-1-3-5-4;;/h1-3H2,(H,5,6);;/q;+1;-1. The van der Waals surface area contributed by atoms with Crippen LogP contribution < -0.4 is 56.7 Å². The molecular formula is C4H8KNO. The summed E-state index contributed by atoms with van der Waals surface area (Å²) in [5.74, 6) is 0.204. The zero-order valence-electron chi connectivity index (χ0n) is 5.53. The molecule has 1 fully saturated rings. The van der Waals surface area contributed by atoms with E-state index in [0.29, 0.717) is 0 Å². The molecule has 1 aliphatic rings. The van der Waals surface area contributed by atoms with Gasteiger partial charge in [-0.2, -0.15) is 0 Å². The van der Waals surface area contributed by atoms with Crippen molar-refractivity contribution >= 4 is 5.91 Å². The molecule has 0 spiro atoms. The van der Waals surface area contributed by atoms with E-state index in [1.165, 1.54) is 0 Å². The molecule has 0 bridgehead atoms. The van der Waals surface area contributed by atoms with E-state index >= 15 is 0 Å². The first-order valence-electron chi connectivity index (χ1n) is 2.16. The van der Waals surface area contributed by atoms with E-state index < -0.39 is 0 Å². The van der Waals surface area contributed by atoms with E-state index in [1.807, 2.05) is 0 Å². The van der Waals surface area contributed by atoms with Crippen LogP contribution in [0.3, 0.4) is 0 Å². The summed E-state index contributed by atoms with van der Waals surface area (Å²) >= 11 is 0. The van der Waals surface area contributed by atoms with Gasteiger partial charge in [0.15, 0.2) is 0 Å². The minimum absolute atomic E-state index is 0. The van der Waals surface area contributed by atoms with Crippen LogP contribution in [0.5, 0.6) is 0 Å². The molecular weight excluding hydrogens is 117 g/mol. The van der Waals surface area contributed by atoms with Crippen LogP contribution in [-0.2, 0) is 4.79 Å². The first kappa shape index (κ1) is 8.11. The van der Waals surface area contributed by atoms with Gasteiger partial charge in [-0.3, -0.25) is 4.79 Å². The van der Waals surface area contributed by atoms with Crippen molar-refractivity contribution in [2.75, 3.05) is 6.54 Å². The van der Waals surface area contributed by atoms with Gasteiger partial charge in [-0.1, -0.05) is 0 Å². The first-order valence-corrected chi connectivity index (χ1v) is 2.16. The van der Waals surface area contributed by atoms with Crippen LogP contribution in [0.15, 0.2) is 0 Å². The summed E-state index contributed by atoms with van der Waals surface area (Å²) < 4.78 is 0. The number of hydrogen-bond donors (Lipinski definition) is 1. The van der Waals surface area contributed by atoms with E-state index in [2.05, 4.69) is 5.32 Å². The van der Waals surface area contributed by atoms with Crippen molar-refractivity contribution in [3.63, 3.8) is 0 Å². The largest absolute Gasteiger partial charge is 1.00 e. The minimum atomic E-state index is 0. The Bertz CT molecular complexity index is 70.4. The monoisotopic (exact) mass is 125 g/mol. The fourth-order valence-electron chi connectivity index (χ4n) is 0.565. The van der Waals surface area contributed by atoms with E-state index in [-0.39, 0.29) is 58.7 Å². The Kier molecular flexibility index (Phi) is 4.67. The van der Waals surface area contributed by atoms with Crippen molar-refractivity contribution in [1.82, 2.24) is 5.32 Å². The zero-order valence-corrected chi connectivity index (χ0v) is 7.65. The van der Waals surface area contributed by atoms with Crippen LogP contribution in [0.4, 0.5) is 0 Å². The van der Waals surface area contributed by atoms with Gasteiger partial charge in [0.1, 0.15) is 0 Å². The van der Waals surface area contributed by atoms with Crippen molar-refractivity contribution in [3.05, 3.63) is 0 Å². The van der Waals surface area contributed by atoms with Crippen LogP contribution in [-0.4, -0.2) is 12.5 Å². The molecule has 0 atom stereocenters. The Labute approximate surface area is 86.9 Å². The molecule has 1 N–H and O–H groups in total. The summed E-state index contributed by atoms with van der Waals surface area (Å²) in [4.78, 5) is 10.1. The number of amides is 1. The van der Waals surface area contributed by atoms with Crippen LogP contribution in [0, 0.1) is 0 Å². The van der Waals surface area contributed by atoms with Gasteiger partial charge in [0.25, 0.3) is 0 Å². The Hall–Kier alpha value is 1.11. The third-order valence-corrected chi connectivity index (χ3v) is 0.903. The van der Waals surface area contributed by atoms with Crippen LogP contribution in [0.1, 0.15) is 14.3 Å². The number of carbonyl (C=O) groups excluding carboxylic acids is 1. The number of hydrogen-bond acceptors (Lipinski definition) is 1. The maximum absolute atomic E-state index is 10.1. The molecule has 1 amide bonds. The second kappa shape index (κ2) is 4.03. The van der Waals surface area contributed by atoms with Gasteiger partial charge in [-0.15, -0.1) is 0 Å². The predicted molar refractivity (Wildman–Crippen MR) is 23.4 cm³/mol. The van der Waals surface area contributed by atoms with Gasteiger partial charge in [-0.05, 0) is 6.42 Å². The zero-order chi connectivity index (χ0) is 4.41. The molecule has 0 radical (unpaired) electrons. The van der Waals surface area contributed by atoms with Gasteiger partial charge >= 0.3 is 51.4 Å². The van der Waals surface area contributed by atoms with E-state index in [4.69, 9.17) is 0 Å². The predicted octanol–water partition coefficient (Wildman–Crippen LogP) is -2.99. The topological polar surface area (TPSA) is 29.1 Å². The van der Waals surface area contributed by atoms with Crippen molar-refractivity contribution < 1.29 is 57.6 Å². The van der Waals surface area contributed by atoms with Crippen molar-refractivity contribution in [2.45, 2.75) is 12.8 Å². The normalized spacial score (nSPS) is 18.0. The second-order valence-corrected chi connectivity index (χ2v) is 1.45. The molecule has 2 nitrogen and oxygen atoms in total. The molecule has 0 saturated carbocycles. The molecule has 3 heteroatoms. The quantitative estimate of drug-likeness (QED) is 0.344. The summed E-state index contributed by atoms with van der Waals surface area (Å²) in [7, 11) is 0. The van der Waals surface area contributed by atoms with Crippen molar-refractivity contribution in [3.8, 4) is 0 Å².